The van der Waals surface area contributed by atoms with E-state index in [4.69, 9.17) is 4.74 Å². The summed E-state index contributed by atoms with van der Waals surface area (Å²) in [6.07, 6.45) is 6.81. The first-order valence-corrected chi connectivity index (χ1v) is 8.32. The molecule has 1 spiro atoms. The molecule has 3 heteroatoms. The summed E-state index contributed by atoms with van der Waals surface area (Å²) >= 11 is 0. The van der Waals surface area contributed by atoms with Crippen LogP contribution in [0, 0.1) is 0 Å². The van der Waals surface area contributed by atoms with Gasteiger partial charge in [0.1, 0.15) is 0 Å². The molecule has 1 atom stereocenters. The Hall–Kier alpha value is -1.06. The van der Waals surface area contributed by atoms with Crippen molar-refractivity contribution in [3.8, 4) is 0 Å². The molecular weight excluding hydrogens is 260 g/mol. The molecule has 1 heterocycles. The van der Waals surface area contributed by atoms with Gasteiger partial charge in [-0.3, -0.25) is 0 Å². The molecule has 116 valence electrons. The van der Waals surface area contributed by atoms with Gasteiger partial charge < -0.3 is 15.0 Å². The fourth-order valence-corrected chi connectivity index (χ4v) is 3.91. The van der Waals surface area contributed by atoms with E-state index >= 15 is 0 Å². The summed E-state index contributed by atoms with van der Waals surface area (Å²) in [5, 5.41) is 3.86. The molecule has 1 saturated carbocycles. The molecule has 21 heavy (non-hydrogen) atoms. The Kier molecular flexibility index (Phi) is 4.51. The quantitative estimate of drug-likeness (QED) is 0.923. The van der Waals surface area contributed by atoms with E-state index in [9.17, 15) is 0 Å². The Bertz CT molecular complexity index is 468. The van der Waals surface area contributed by atoms with Crippen LogP contribution in [-0.2, 0) is 11.3 Å². The molecule has 2 fully saturated rings. The maximum absolute atomic E-state index is 5.28. The average molecular weight is 288 g/mol. The number of hydrogen-bond acceptors (Lipinski definition) is 3. The summed E-state index contributed by atoms with van der Waals surface area (Å²) in [4.78, 5) is 2.60. The predicted octanol–water partition coefficient (Wildman–Crippen LogP) is 3.33. The van der Waals surface area contributed by atoms with Crippen molar-refractivity contribution in [2.75, 3.05) is 25.1 Å². The standard InChI is InChI=1S/C18H28N2O/c1-15-12-19-18(9-4-3-5-10-18)14-20(15)17-8-6-7-16(11-17)13-21-2/h6-8,11,15,19H,3-5,9-10,12-14H2,1-2H3. The van der Waals surface area contributed by atoms with Crippen LogP contribution in [0.15, 0.2) is 24.3 Å². The van der Waals surface area contributed by atoms with Gasteiger partial charge >= 0.3 is 0 Å². The van der Waals surface area contributed by atoms with Crippen LogP contribution < -0.4 is 10.2 Å². The fourth-order valence-electron chi connectivity index (χ4n) is 3.91. The highest BCUT2D eigenvalue weighted by molar-refractivity contribution is 5.50. The van der Waals surface area contributed by atoms with Crippen LogP contribution in [0.5, 0.6) is 0 Å². The maximum Gasteiger partial charge on any atom is 0.0713 e. The fraction of sp³-hybridized carbons (Fsp3) is 0.667. The van der Waals surface area contributed by atoms with Crippen molar-refractivity contribution in [3.63, 3.8) is 0 Å². The number of hydrogen-bond donors (Lipinski definition) is 1. The highest BCUT2D eigenvalue weighted by Crippen LogP contribution is 2.34. The van der Waals surface area contributed by atoms with Crippen LogP contribution in [0.1, 0.15) is 44.6 Å². The van der Waals surface area contributed by atoms with Gasteiger partial charge in [-0.15, -0.1) is 0 Å². The summed E-state index contributed by atoms with van der Waals surface area (Å²) in [7, 11) is 1.76. The minimum absolute atomic E-state index is 0.349. The molecule has 1 aliphatic heterocycles. The Labute approximate surface area is 128 Å². The molecule has 1 N–H and O–H groups in total. The smallest absolute Gasteiger partial charge is 0.0713 e. The lowest BCUT2D eigenvalue weighted by Crippen LogP contribution is -2.64. The number of ether oxygens (including phenoxy) is 1. The minimum atomic E-state index is 0.349. The zero-order chi connectivity index (χ0) is 14.7. The van der Waals surface area contributed by atoms with E-state index in [-0.39, 0.29) is 0 Å². The molecule has 0 bridgehead atoms. The van der Waals surface area contributed by atoms with Gasteiger partial charge in [0.05, 0.1) is 6.61 Å². The average Bonchev–Trinajstić information content (AvgIpc) is 2.52. The van der Waals surface area contributed by atoms with Crippen LogP contribution in [0.4, 0.5) is 5.69 Å². The molecule has 1 saturated heterocycles. The third-order valence-electron chi connectivity index (χ3n) is 5.14. The normalized spacial score (nSPS) is 25.2. The number of anilines is 1. The van der Waals surface area contributed by atoms with E-state index in [1.165, 1.54) is 43.4 Å². The second kappa shape index (κ2) is 6.37. The van der Waals surface area contributed by atoms with Crippen molar-refractivity contribution in [1.82, 2.24) is 5.32 Å². The van der Waals surface area contributed by atoms with Gasteiger partial charge in [-0.1, -0.05) is 31.4 Å². The second-order valence-electron chi connectivity index (χ2n) is 6.80. The second-order valence-corrected chi connectivity index (χ2v) is 6.80. The molecule has 2 aliphatic rings. The molecule has 1 aromatic rings. The first-order chi connectivity index (χ1) is 10.2. The highest BCUT2D eigenvalue weighted by atomic mass is 16.5. The van der Waals surface area contributed by atoms with Gasteiger partial charge in [0.15, 0.2) is 0 Å². The van der Waals surface area contributed by atoms with E-state index in [1.54, 1.807) is 7.11 Å². The lowest BCUT2D eigenvalue weighted by atomic mass is 9.79. The number of methoxy groups -OCH3 is 1. The largest absolute Gasteiger partial charge is 0.380 e. The number of benzene rings is 1. The monoisotopic (exact) mass is 288 g/mol. The van der Waals surface area contributed by atoms with E-state index in [2.05, 4.69) is 41.4 Å². The summed E-state index contributed by atoms with van der Waals surface area (Å²) < 4.78 is 5.28. The van der Waals surface area contributed by atoms with E-state index in [0.29, 0.717) is 18.2 Å². The third-order valence-corrected chi connectivity index (χ3v) is 5.14. The van der Waals surface area contributed by atoms with E-state index in [1.807, 2.05) is 0 Å². The summed E-state index contributed by atoms with van der Waals surface area (Å²) in [5.74, 6) is 0. The van der Waals surface area contributed by atoms with Crippen molar-refractivity contribution in [1.29, 1.82) is 0 Å². The van der Waals surface area contributed by atoms with Crippen molar-refractivity contribution in [2.24, 2.45) is 0 Å². The van der Waals surface area contributed by atoms with Crippen LogP contribution in [0.3, 0.4) is 0 Å². The van der Waals surface area contributed by atoms with Crippen LogP contribution in [0.2, 0.25) is 0 Å². The van der Waals surface area contributed by atoms with Gasteiger partial charge in [-0.2, -0.15) is 0 Å². The lowest BCUT2D eigenvalue weighted by molar-refractivity contribution is 0.184. The number of nitrogens with zero attached hydrogens (tertiary/aromatic N) is 1. The Morgan fingerprint density at radius 3 is 2.86 bits per heavy atom. The van der Waals surface area contributed by atoms with E-state index < -0.39 is 0 Å². The van der Waals surface area contributed by atoms with Crippen LogP contribution in [-0.4, -0.2) is 31.8 Å². The molecule has 1 aromatic carbocycles. The Morgan fingerprint density at radius 1 is 1.29 bits per heavy atom. The van der Waals surface area contributed by atoms with Gasteiger partial charge in [0.25, 0.3) is 0 Å². The summed E-state index contributed by atoms with van der Waals surface area (Å²) in [6.45, 7) is 5.25. The first-order valence-electron chi connectivity index (χ1n) is 8.32. The van der Waals surface area contributed by atoms with Crippen LogP contribution >= 0.6 is 0 Å². The van der Waals surface area contributed by atoms with Gasteiger partial charge in [-0.05, 0) is 37.5 Å². The van der Waals surface area contributed by atoms with Crippen LogP contribution in [0.25, 0.3) is 0 Å². The molecule has 1 aliphatic carbocycles. The van der Waals surface area contributed by atoms with Crippen molar-refractivity contribution in [2.45, 2.75) is 57.2 Å². The van der Waals surface area contributed by atoms with Crippen molar-refractivity contribution in [3.05, 3.63) is 29.8 Å². The highest BCUT2D eigenvalue weighted by Gasteiger charge is 2.38. The molecule has 3 rings (SSSR count). The summed E-state index contributed by atoms with van der Waals surface area (Å²) in [6, 6.07) is 9.40. The maximum atomic E-state index is 5.28. The number of piperazine rings is 1. The van der Waals surface area contributed by atoms with Gasteiger partial charge in [-0.25, -0.2) is 0 Å². The van der Waals surface area contributed by atoms with Gasteiger partial charge in [0.2, 0.25) is 0 Å². The predicted molar refractivity (Wildman–Crippen MR) is 87.8 cm³/mol. The molecule has 0 aromatic heterocycles. The first kappa shape index (κ1) is 14.9. The molecular formula is C18H28N2O. The minimum Gasteiger partial charge on any atom is -0.380 e. The molecule has 0 radical (unpaired) electrons. The topological polar surface area (TPSA) is 24.5 Å². The van der Waals surface area contributed by atoms with Crippen molar-refractivity contribution >= 4 is 5.69 Å². The lowest BCUT2D eigenvalue weighted by Gasteiger charge is -2.50. The van der Waals surface area contributed by atoms with Gasteiger partial charge in [0, 0.05) is 37.5 Å². The third kappa shape index (κ3) is 3.24. The molecule has 0 amide bonds. The Morgan fingerprint density at radius 2 is 2.10 bits per heavy atom. The number of rotatable bonds is 3. The van der Waals surface area contributed by atoms with E-state index in [0.717, 1.165) is 13.1 Å². The SMILES string of the molecule is COCc1cccc(N2CC3(CCCCC3)NCC2C)c1. The summed E-state index contributed by atoms with van der Waals surface area (Å²) in [5.41, 5.74) is 2.96. The molecule has 3 nitrogen and oxygen atoms in total. The molecule has 1 unspecified atom stereocenters. The van der Waals surface area contributed by atoms with Crippen molar-refractivity contribution < 1.29 is 4.74 Å². The Balaban J connectivity index is 1.80. The zero-order valence-corrected chi connectivity index (χ0v) is 13.4. The zero-order valence-electron chi connectivity index (χ0n) is 13.4. The number of nitrogens with one attached hydrogen (secondary N) is 1.